The maximum Gasteiger partial charge on any atom is 0.321 e. The van der Waals surface area contributed by atoms with Gasteiger partial charge in [-0.15, -0.1) is 0 Å². The number of carbonyl (C=O) groups is 2. The normalized spacial score (nSPS) is 32.8. The van der Waals surface area contributed by atoms with Crippen LogP contribution in [0.3, 0.4) is 0 Å². The molecule has 1 saturated carbocycles. The average molecular weight is 196 g/mol. The van der Waals surface area contributed by atoms with Gasteiger partial charge in [-0.2, -0.15) is 0 Å². The molecule has 2 atom stereocenters. The second-order valence-electron chi connectivity index (χ2n) is 4.18. The van der Waals surface area contributed by atoms with Crippen LogP contribution < -0.4 is 0 Å². The van der Waals surface area contributed by atoms with Crippen LogP contribution in [0.1, 0.15) is 19.8 Å². The van der Waals surface area contributed by atoms with Crippen molar-refractivity contribution in [2.75, 3.05) is 0 Å². The first-order chi connectivity index (χ1) is 6.51. The van der Waals surface area contributed by atoms with Crippen molar-refractivity contribution < 1.29 is 19.8 Å². The van der Waals surface area contributed by atoms with E-state index in [1.54, 1.807) is 0 Å². The minimum Gasteiger partial charge on any atom is -0.480 e. The monoisotopic (exact) mass is 196 g/mol. The number of fused-ring (bicyclic) bond motifs is 1. The summed E-state index contributed by atoms with van der Waals surface area (Å²) in [6, 6.07) is 0. The van der Waals surface area contributed by atoms with E-state index in [2.05, 4.69) is 0 Å². The quantitative estimate of drug-likeness (QED) is 0.512. The van der Waals surface area contributed by atoms with Gasteiger partial charge in [-0.25, -0.2) is 0 Å². The molecular weight excluding hydrogens is 184 g/mol. The Hall–Kier alpha value is -1.32. The number of rotatable bonds is 2. The lowest BCUT2D eigenvalue weighted by atomic mass is 10.0. The molecule has 1 fully saturated rings. The van der Waals surface area contributed by atoms with Crippen molar-refractivity contribution in [1.29, 1.82) is 0 Å². The molecule has 0 unspecified atom stereocenters. The fraction of sp³-hybridized carbons (Fsp3) is 0.600. The van der Waals surface area contributed by atoms with Crippen molar-refractivity contribution in [3.8, 4) is 0 Å². The lowest BCUT2D eigenvalue weighted by molar-refractivity contribution is -0.158. The zero-order valence-corrected chi connectivity index (χ0v) is 7.86. The molecule has 0 saturated heterocycles. The molecule has 4 nitrogen and oxygen atoms in total. The van der Waals surface area contributed by atoms with Crippen molar-refractivity contribution in [3.63, 3.8) is 0 Å². The Labute approximate surface area is 81.2 Å². The highest BCUT2D eigenvalue weighted by Gasteiger charge is 2.74. The van der Waals surface area contributed by atoms with E-state index in [9.17, 15) is 9.59 Å². The van der Waals surface area contributed by atoms with Gasteiger partial charge in [0.25, 0.3) is 0 Å². The second-order valence-corrected chi connectivity index (χ2v) is 4.18. The summed E-state index contributed by atoms with van der Waals surface area (Å²) in [6.45, 7) is 1.92. The molecule has 2 aliphatic carbocycles. The summed E-state index contributed by atoms with van der Waals surface area (Å²) in [5.74, 6) is -2.74. The van der Waals surface area contributed by atoms with Gasteiger partial charge in [0.05, 0.1) is 0 Å². The van der Waals surface area contributed by atoms with Crippen LogP contribution in [-0.2, 0) is 9.59 Å². The summed E-state index contributed by atoms with van der Waals surface area (Å²) < 4.78 is 0. The molecule has 2 rings (SSSR count). The molecule has 0 heterocycles. The van der Waals surface area contributed by atoms with E-state index in [0.29, 0.717) is 12.8 Å². The van der Waals surface area contributed by atoms with E-state index >= 15 is 0 Å². The summed E-state index contributed by atoms with van der Waals surface area (Å²) in [4.78, 5) is 22.0. The minimum atomic E-state index is -1.49. The summed E-state index contributed by atoms with van der Waals surface area (Å²) in [5.41, 5.74) is -0.385. The Morgan fingerprint density at radius 2 is 1.93 bits per heavy atom. The highest BCUT2D eigenvalue weighted by atomic mass is 16.4. The van der Waals surface area contributed by atoms with Crippen LogP contribution in [0.15, 0.2) is 11.6 Å². The highest BCUT2D eigenvalue weighted by Crippen LogP contribution is 2.65. The maximum absolute atomic E-state index is 11.0. The lowest BCUT2D eigenvalue weighted by Gasteiger charge is -2.05. The van der Waals surface area contributed by atoms with Crippen LogP contribution in [0.4, 0.5) is 0 Å². The van der Waals surface area contributed by atoms with Gasteiger partial charge in [0.2, 0.25) is 0 Å². The van der Waals surface area contributed by atoms with Gasteiger partial charge in [0.1, 0.15) is 0 Å². The summed E-state index contributed by atoms with van der Waals surface area (Å²) in [7, 11) is 0. The molecule has 0 aliphatic heterocycles. The first kappa shape index (κ1) is 9.24. The van der Waals surface area contributed by atoms with Crippen molar-refractivity contribution in [2.45, 2.75) is 19.8 Å². The Bertz CT molecular complexity index is 328. The Kier molecular flexibility index (Phi) is 1.71. The maximum atomic E-state index is 11.0. The van der Waals surface area contributed by atoms with Gasteiger partial charge in [-0.05, 0) is 31.6 Å². The second kappa shape index (κ2) is 2.59. The van der Waals surface area contributed by atoms with Gasteiger partial charge in [-0.3, -0.25) is 9.59 Å². The molecule has 14 heavy (non-hydrogen) atoms. The summed E-state index contributed by atoms with van der Waals surface area (Å²) in [5, 5.41) is 18.0. The van der Waals surface area contributed by atoms with Crippen molar-refractivity contribution >= 4 is 11.9 Å². The largest absolute Gasteiger partial charge is 0.480 e. The van der Waals surface area contributed by atoms with Crippen molar-refractivity contribution in [3.05, 3.63) is 11.6 Å². The lowest BCUT2D eigenvalue weighted by Crippen LogP contribution is -2.28. The molecule has 0 radical (unpaired) electrons. The van der Waals surface area contributed by atoms with Crippen molar-refractivity contribution in [2.24, 2.45) is 17.3 Å². The Morgan fingerprint density at radius 1 is 1.36 bits per heavy atom. The molecule has 76 valence electrons. The molecule has 0 aromatic rings. The number of carboxylic acids is 2. The van der Waals surface area contributed by atoms with Crippen LogP contribution in [-0.4, -0.2) is 22.2 Å². The highest BCUT2D eigenvalue weighted by molar-refractivity contribution is 6.03. The molecule has 2 N–H and O–H groups in total. The molecule has 0 bridgehead atoms. The first-order valence-electron chi connectivity index (χ1n) is 4.63. The topological polar surface area (TPSA) is 74.6 Å². The van der Waals surface area contributed by atoms with Crippen LogP contribution in [0.5, 0.6) is 0 Å². The van der Waals surface area contributed by atoms with E-state index in [-0.39, 0.29) is 11.8 Å². The van der Waals surface area contributed by atoms with Gasteiger partial charge in [0, 0.05) is 0 Å². The smallest absolute Gasteiger partial charge is 0.321 e. The number of hydrogen-bond acceptors (Lipinski definition) is 2. The zero-order valence-electron chi connectivity index (χ0n) is 7.86. The first-order valence-corrected chi connectivity index (χ1v) is 4.63. The molecule has 0 aromatic heterocycles. The van der Waals surface area contributed by atoms with E-state index in [4.69, 9.17) is 10.2 Å². The number of hydrogen-bond donors (Lipinski definition) is 2. The predicted molar refractivity (Wildman–Crippen MR) is 47.7 cm³/mol. The number of aliphatic carboxylic acids is 2. The fourth-order valence-corrected chi connectivity index (χ4v) is 2.68. The predicted octanol–water partition coefficient (Wildman–Crippen LogP) is 1.13. The van der Waals surface area contributed by atoms with Gasteiger partial charge in [-0.1, -0.05) is 11.6 Å². The number of allylic oxidation sites excluding steroid dienone is 2. The summed E-state index contributed by atoms with van der Waals surface area (Å²) in [6.07, 6.45) is 3.16. The number of carboxylic acid groups (broad SMARTS) is 2. The van der Waals surface area contributed by atoms with Crippen LogP contribution in [0, 0.1) is 17.3 Å². The van der Waals surface area contributed by atoms with Crippen LogP contribution >= 0.6 is 0 Å². The third-order valence-electron chi connectivity index (χ3n) is 3.52. The summed E-state index contributed by atoms with van der Waals surface area (Å²) >= 11 is 0. The van der Waals surface area contributed by atoms with E-state index in [1.165, 1.54) is 0 Å². The molecule has 0 aromatic carbocycles. The van der Waals surface area contributed by atoms with E-state index < -0.39 is 17.4 Å². The zero-order chi connectivity index (χ0) is 10.5. The SMILES string of the molecule is CC1=CC[C@@H]2[C@H](C1)C2(C(=O)O)C(=O)O. The van der Waals surface area contributed by atoms with Gasteiger partial charge < -0.3 is 10.2 Å². The van der Waals surface area contributed by atoms with Crippen molar-refractivity contribution in [1.82, 2.24) is 0 Å². The van der Waals surface area contributed by atoms with E-state index in [1.807, 2.05) is 13.0 Å². The van der Waals surface area contributed by atoms with Gasteiger partial charge >= 0.3 is 11.9 Å². The third-order valence-corrected chi connectivity index (χ3v) is 3.52. The van der Waals surface area contributed by atoms with Gasteiger partial charge in [0.15, 0.2) is 5.41 Å². The van der Waals surface area contributed by atoms with Crippen LogP contribution in [0.25, 0.3) is 0 Å². The fourth-order valence-electron chi connectivity index (χ4n) is 2.68. The van der Waals surface area contributed by atoms with Crippen LogP contribution in [0.2, 0.25) is 0 Å². The third kappa shape index (κ3) is 0.882. The van der Waals surface area contributed by atoms with E-state index in [0.717, 1.165) is 5.57 Å². The molecule has 4 heteroatoms. The Morgan fingerprint density at radius 3 is 2.36 bits per heavy atom. The Balaban J connectivity index is 2.30. The minimum absolute atomic E-state index is 0.192. The molecule has 0 spiro atoms. The molecule has 2 aliphatic rings. The average Bonchev–Trinajstić information content (AvgIpc) is 2.72. The molecule has 0 amide bonds. The standard InChI is InChI=1S/C10H12O4/c1-5-2-3-6-7(4-5)10(6,8(11)12)9(13)14/h2,6-7H,3-4H2,1H3,(H,11,12)(H,13,14)/t6-,7+/m1/s1. The molecular formula is C10H12O4.